The van der Waals surface area contributed by atoms with Crippen LogP contribution in [0.2, 0.25) is 0 Å². The summed E-state index contributed by atoms with van der Waals surface area (Å²) < 4.78 is 0. The molecule has 194 valence electrons. The maximum absolute atomic E-state index is 14.0. The molecule has 4 heteroatoms. The molecule has 2 N–H and O–H groups in total. The number of fused-ring (bicyclic) bond motifs is 5. The van der Waals surface area contributed by atoms with Crippen LogP contribution in [-0.2, 0) is 16.0 Å². The Labute approximate surface area is 221 Å². The fourth-order valence-electron chi connectivity index (χ4n) is 8.68. The summed E-state index contributed by atoms with van der Waals surface area (Å²) in [5, 5.41) is 6.72. The van der Waals surface area contributed by atoms with E-state index >= 15 is 0 Å². The quantitative estimate of drug-likeness (QED) is 0.507. The fourth-order valence-corrected chi connectivity index (χ4v) is 8.68. The molecule has 1 heterocycles. The van der Waals surface area contributed by atoms with E-state index in [0.717, 1.165) is 44.9 Å². The summed E-state index contributed by atoms with van der Waals surface area (Å²) in [6, 6.07) is 20.9. The summed E-state index contributed by atoms with van der Waals surface area (Å²) >= 11 is 0. The van der Waals surface area contributed by atoms with Gasteiger partial charge in [-0.25, -0.2) is 0 Å². The second-order valence-electron chi connectivity index (χ2n) is 12.5. The van der Waals surface area contributed by atoms with E-state index in [-0.39, 0.29) is 34.6 Å². The molecular formula is C33H40N2O2. The number of carbonyl (C=O) groups excluding carboxylic acids is 2. The number of carbonyl (C=O) groups is 2. The molecule has 3 aliphatic carbocycles. The zero-order valence-corrected chi connectivity index (χ0v) is 22.2. The van der Waals surface area contributed by atoms with Gasteiger partial charge in [0.25, 0.3) is 0 Å². The van der Waals surface area contributed by atoms with Gasteiger partial charge in [-0.1, -0.05) is 80.6 Å². The number of hydrogen-bond acceptors (Lipinski definition) is 2. The summed E-state index contributed by atoms with van der Waals surface area (Å²) in [6.45, 7) is 4.79. The van der Waals surface area contributed by atoms with Gasteiger partial charge in [0, 0.05) is 23.5 Å². The zero-order chi connectivity index (χ0) is 25.6. The van der Waals surface area contributed by atoms with Gasteiger partial charge in [-0.15, -0.1) is 0 Å². The third-order valence-corrected chi connectivity index (χ3v) is 10.7. The van der Waals surface area contributed by atoms with E-state index in [9.17, 15) is 9.59 Å². The molecule has 3 fully saturated rings. The Morgan fingerprint density at radius 3 is 2.46 bits per heavy atom. The number of piperidine rings is 1. The lowest BCUT2D eigenvalue weighted by Gasteiger charge is -2.57. The van der Waals surface area contributed by atoms with Gasteiger partial charge in [-0.05, 0) is 79.2 Å². The van der Waals surface area contributed by atoms with Crippen LogP contribution in [0.3, 0.4) is 0 Å². The van der Waals surface area contributed by atoms with Crippen LogP contribution >= 0.6 is 0 Å². The Morgan fingerprint density at radius 2 is 1.70 bits per heavy atom. The topological polar surface area (TPSA) is 58.2 Å². The first-order chi connectivity index (χ1) is 17.9. The highest BCUT2D eigenvalue weighted by Crippen LogP contribution is 2.65. The lowest BCUT2D eigenvalue weighted by atomic mass is 9.49. The lowest BCUT2D eigenvalue weighted by molar-refractivity contribution is -0.133. The summed E-state index contributed by atoms with van der Waals surface area (Å²) in [6.07, 6.45) is 10.1. The molecule has 0 bridgehead atoms. The van der Waals surface area contributed by atoms with Crippen LogP contribution in [0, 0.1) is 34.5 Å². The predicted molar refractivity (Wildman–Crippen MR) is 146 cm³/mol. The van der Waals surface area contributed by atoms with Crippen molar-refractivity contribution in [2.75, 3.05) is 0 Å². The van der Waals surface area contributed by atoms with E-state index in [1.54, 1.807) is 0 Å². The molecule has 2 amide bonds. The molecule has 0 spiro atoms. The van der Waals surface area contributed by atoms with E-state index in [1.165, 1.54) is 16.8 Å². The molecule has 4 nitrogen and oxygen atoms in total. The minimum Gasteiger partial charge on any atom is -0.349 e. The van der Waals surface area contributed by atoms with Crippen LogP contribution in [0.25, 0.3) is 0 Å². The number of amides is 2. The maximum Gasteiger partial charge on any atom is 0.224 e. The molecule has 2 aromatic rings. The minimum absolute atomic E-state index is 0.0278. The van der Waals surface area contributed by atoms with Gasteiger partial charge in [0.1, 0.15) is 0 Å². The normalized spacial score (nSPS) is 35.3. The molecule has 7 atom stereocenters. The Hall–Kier alpha value is -2.88. The highest BCUT2D eigenvalue weighted by atomic mass is 16.2. The summed E-state index contributed by atoms with van der Waals surface area (Å²) in [7, 11) is 0. The average molecular weight is 497 g/mol. The van der Waals surface area contributed by atoms with Gasteiger partial charge in [0.2, 0.25) is 11.8 Å². The minimum atomic E-state index is -0.0278. The number of rotatable bonds is 5. The number of hydrogen-bond donors (Lipinski definition) is 2. The van der Waals surface area contributed by atoms with Gasteiger partial charge >= 0.3 is 0 Å². The van der Waals surface area contributed by atoms with Crippen molar-refractivity contribution in [2.24, 2.45) is 34.5 Å². The molecule has 1 saturated heterocycles. The molecule has 2 saturated carbocycles. The molecule has 2 aromatic carbocycles. The van der Waals surface area contributed by atoms with E-state index in [0.29, 0.717) is 24.2 Å². The predicted octanol–water partition coefficient (Wildman–Crippen LogP) is 6.35. The SMILES string of the molecule is C[C@]12CCC(=O)NC1=CC[C@@H]1[C@H]2CC[C@]2(C)C(C(=O)NC(Cc3ccccc3)c3ccccc3)CC[C@@H]12. The first-order valence-electron chi connectivity index (χ1n) is 14.3. The zero-order valence-electron chi connectivity index (χ0n) is 22.2. The molecule has 0 aromatic heterocycles. The molecule has 6 rings (SSSR count). The molecule has 37 heavy (non-hydrogen) atoms. The van der Waals surface area contributed by atoms with Crippen molar-refractivity contribution in [2.45, 2.75) is 71.3 Å². The Bertz CT molecular complexity index is 1190. The molecule has 1 aliphatic heterocycles. The van der Waals surface area contributed by atoms with E-state index in [4.69, 9.17) is 0 Å². The van der Waals surface area contributed by atoms with Gasteiger partial charge in [-0.2, -0.15) is 0 Å². The van der Waals surface area contributed by atoms with Crippen LogP contribution in [0.15, 0.2) is 72.4 Å². The van der Waals surface area contributed by atoms with Crippen LogP contribution in [0.4, 0.5) is 0 Å². The van der Waals surface area contributed by atoms with Gasteiger partial charge in [-0.3, -0.25) is 9.59 Å². The first-order valence-corrected chi connectivity index (χ1v) is 14.3. The van der Waals surface area contributed by atoms with Gasteiger partial charge in [0.05, 0.1) is 6.04 Å². The third kappa shape index (κ3) is 4.23. The Kier molecular flexibility index (Phi) is 6.25. The third-order valence-electron chi connectivity index (χ3n) is 10.7. The van der Waals surface area contributed by atoms with Crippen molar-refractivity contribution in [1.82, 2.24) is 10.6 Å². The van der Waals surface area contributed by atoms with E-state index < -0.39 is 0 Å². The Morgan fingerprint density at radius 1 is 0.973 bits per heavy atom. The average Bonchev–Trinajstić information content (AvgIpc) is 3.27. The number of allylic oxidation sites excluding steroid dienone is 2. The highest BCUT2D eigenvalue weighted by Gasteiger charge is 2.60. The van der Waals surface area contributed by atoms with Gasteiger partial charge < -0.3 is 10.6 Å². The van der Waals surface area contributed by atoms with Crippen molar-refractivity contribution >= 4 is 11.8 Å². The lowest BCUT2D eigenvalue weighted by Crippen LogP contribution is -2.54. The van der Waals surface area contributed by atoms with Crippen molar-refractivity contribution in [1.29, 1.82) is 0 Å². The largest absolute Gasteiger partial charge is 0.349 e. The summed E-state index contributed by atoms with van der Waals surface area (Å²) in [5.74, 6) is 2.24. The highest BCUT2D eigenvalue weighted by molar-refractivity contribution is 5.81. The number of nitrogens with one attached hydrogen (secondary N) is 2. The van der Waals surface area contributed by atoms with Crippen molar-refractivity contribution in [3.8, 4) is 0 Å². The van der Waals surface area contributed by atoms with Gasteiger partial charge in [0.15, 0.2) is 0 Å². The first kappa shape index (κ1) is 24.5. The monoisotopic (exact) mass is 496 g/mol. The maximum atomic E-state index is 14.0. The Balaban J connectivity index is 1.22. The molecule has 4 aliphatic rings. The van der Waals surface area contributed by atoms with E-state index in [1.807, 2.05) is 12.1 Å². The smallest absolute Gasteiger partial charge is 0.224 e. The molecule has 2 unspecified atom stereocenters. The second kappa shape index (κ2) is 9.45. The molecular weight excluding hydrogens is 456 g/mol. The summed E-state index contributed by atoms with van der Waals surface area (Å²) in [4.78, 5) is 26.1. The van der Waals surface area contributed by atoms with Crippen molar-refractivity contribution < 1.29 is 9.59 Å². The standard InChI is InChI=1S/C33H40N2O2/c1-32-19-17-26-24(13-16-29-33(26,2)20-18-30(36)35-29)25(32)14-15-27(32)31(37)34-28(23-11-7-4-8-12-23)21-22-9-5-3-6-10-22/h3-12,16,24-28H,13-15,17-21H2,1-2H3,(H,34,37)(H,35,36)/t24-,25-,26+,27?,28?,32-,33+/m0/s1. The van der Waals surface area contributed by atoms with E-state index in [2.05, 4.69) is 79.1 Å². The van der Waals surface area contributed by atoms with Crippen LogP contribution in [-0.4, -0.2) is 11.8 Å². The summed E-state index contributed by atoms with van der Waals surface area (Å²) in [5.41, 5.74) is 3.70. The van der Waals surface area contributed by atoms with Crippen LogP contribution in [0.1, 0.15) is 76.0 Å². The second-order valence-corrected chi connectivity index (χ2v) is 12.5. The van der Waals surface area contributed by atoms with Crippen LogP contribution < -0.4 is 10.6 Å². The molecule has 0 radical (unpaired) electrons. The fraction of sp³-hybridized carbons (Fsp3) is 0.515. The van der Waals surface area contributed by atoms with Crippen molar-refractivity contribution in [3.63, 3.8) is 0 Å². The number of benzene rings is 2. The van der Waals surface area contributed by atoms with Crippen LogP contribution in [0.5, 0.6) is 0 Å². The van der Waals surface area contributed by atoms with Crippen molar-refractivity contribution in [3.05, 3.63) is 83.6 Å².